The lowest BCUT2D eigenvalue weighted by atomic mass is 9.83. The Kier molecular flexibility index (Phi) is 5.91. The van der Waals surface area contributed by atoms with Crippen LogP contribution in [0.4, 0.5) is 0 Å². The molecule has 1 saturated carbocycles. The number of nitrogens with zero attached hydrogens (tertiary/aromatic N) is 2. The molecule has 4 rings (SSSR count). The van der Waals surface area contributed by atoms with Crippen LogP contribution in [0.15, 0.2) is 24.3 Å². The molecule has 0 spiro atoms. The molecule has 0 N–H and O–H groups in total. The smallest absolute Gasteiger partial charge is 0.225 e. The first-order valence-corrected chi connectivity index (χ1v) is 10.5. The molecule has 2 fully saturated rings. The number of fused-ring (bicyclic) bond motifs is 1. The summed E-state index contributed by atoms with van der Waals surface area (Å²) in [4.78, 5) is 17.7. The van der Waals surface area contributed by atoms with Crippen molar-refractivity contribution in [2.45, 2.75) is 57.5 Å². The second-order valence-corrected chi connectivity index (χ2v) is 8.15. The zero-order chi connectivity index (χ0) is 17.8. The molecule has 1 aromatic rings. The lowest BCUT2D eigenvalue weighted by molar-refractivity contribution is -0.142. The maximum atomic E-state index is 12.9. The van der Waals surface area contributed by atoms with Crippen molar-refractivity contribution in [2.75, 3.05) is 32.8 Å². The van der Waals surface area contributed by atoms with Gasteiger partial charge in [0.05, 0.1) is 0 Å². The second kappa shape index (κ2) is 8.53. The van der Waals surface area contributed by atoms with E-state index in [0.717, 1.165) is 77.9 Å². The number of benzene rings is 1. The van der Waals surface area contributed by atoms with Crippen molar-refractivity contribution in [1.29, 1.82) is 0 Å². The zero-order valence-electron chi connectivity index (χ0n) is 15.9. The third-order valence-electron chi connectivity index (χ3n) is 6.45. The number of amides is 1. The Balaban J connectivity index is 1.31. The molecule has 0 atom stereocenters. The molecule has 142 valence electrons. The molecule has 1 amide bonds. The molecule has 26 heavy (non-hydrogen) atoms. The van der Waals surface area contributed by atoms with Crippen molar-refractivity contribution in [2.24, 2.45) is 5.92 Å². The van der Waals surface area contributed by atoms with Gasteiger partial charge in [-0.25, -0.2) is 0 Å². The van der Waals surface area contributed by atoms with E-state index in [4.69, 9.17) is 4.74 Å². The Morgan fingerprint density at radius 1 is 1.12 bits per heavy atom. The highest BCUT2D eigenvalue weighted by Crippen LogP contribution is 2.30. The van der Waals surface area contributed by atoms with Crippen LogP contribution in [0.25, 0.3) is 0 Å². The third kappa shape index (κ3) is 4.12. The SMILES string of the molecule is O=C(C1CCC1)N(CCCN1CCc2ccccc2C1)C1CCOCC1. The van der Waals surface area contributed by atoms with E-state index in [1.54, 1.807) is 0 Å². The highest BCUT2D eigenvalue weighted by molar-refractivity contribution is 5.80. The number of ether oxygens (including phenoxy) is 1. The fourth-order valence-electron chi connectivity index (χ4n) is 4.57. The molecule has 0 unspecified atom stereocenters. The van der Waals surface area contributed by atoms with Crippen molar-refractivity contribution in [1.82, 2.24) is 9.80 Å². The van der Waals surface area contributed by atoms with E-state index in [9.17, 15) is 4.79 Å². The average Bonchev–Trinajstić information content (AvgIpc) is 2.64. The third-order valence-corrected chi connectivity index (χ3v) is 6.45. The summed E-state index contributed by atoms with van der Waals surface area (Å²) in [6.07, 6.45) is 7.68. The summed E-state index contributed by atoms with van der Waals surface area (Å²) in [5.74, 6) is 0.729. The van der Waals surface area contributed by atoms with Crippen LogP contribution in [0.3, 0.4) is 0 Å². The number of carbonyl (C=O) groups is 1. The average molecular weight is 357 g/mol. The van der Waals surface area contributed by atoms with Crippen LogP contribution in [0, 0.1) is 5.92 Å². The lowest BCUT2D eigenvalue weighted by Gasteiger charge is -2.39. The van der Waals surface area contributed by atoms with Crippen molar-refractivity contribution < 1.29 is 9.53 Å². The number of rotatable bonds is 6. The summed E-state index contributed by atoms with van der Waals surface area (Å²) in [6, 6.07) is 9.21. The standard InChI is InChI=1S/C22H32N2O2/c25-22(19-7-3-8-19)24(21-10-15-26-16-11-21)13-4-12-23-14-9-18-5-1-2-6-20(18)17-23/h1-2,5-6,19,21H,3-4,7-17H2. The fourth-order valence-corrected chi connectivity index (χ4v) is 4.57. The summed E-state index contributed by atoms with van der Waals surface area (Å²) < 4.78 is 5.52. The first-order chi connectivity index (χ1) is 12.8. The highest BCUT2D eigenvalue weighted by atomic mass is 16.5. The van der Waals surface area contributed by atoms with Crippen LogP contribution in [-0.2, 0) is 22.5 Å². The summed E-state index contributed by atoms with van der Waals surface area (Å²) in [5, 5.41) is 0. The highest BCUT2D eigenvalue weighted by Gasteiger charge is 2.33. The molecule has 1 aliphatic carbocycles. The maximum absolute atomic E-state index is 12.9. The number of carbonyl (C=O) groups excluding carboxylic acids is 1. The zero-order valence-corrected chi connectivity index (χ0v) is 15.9. The molecule has 1 aromatic carbocycles. The molecular weight excluding hydrogens is 324 g/mol. The van der Waals surface area contributed by atoms with Crippen LogP contribution in [0.2, 0.25) is 0 Å². The van der Waals surface area contributed by atoms with E-state index in [0.29, 0.717) is 17.9 Å². The predicted molar refractivity (Wildman–Crippen MR) is 103 cm³/mol. The minimum absolute atomic E-state index is 0.305. The van der Waals surface area contributed by atoms with E-state index < -0.39 is 0 Å². The van der Waals surface area contributed by atoms with Gasteiger partial charge < -0.3 is 9.64 Å². The quantitative estimate of drug-likeness (QED) is 0.784. The van der Waals surface area contributed by atoms with E-state index in [2.05, 4.69) is 34.1 Å². The van der Waals surface area contributed by atoms with Crippen molar-refractivity contribution >= 4 is 5.91 Å². The van der Waals surface area contributed by atoms with Gasteiger partial charge in [-0.2, -0.15) is 0 Å². The van der Waals surface area contributed by atoms with E-state index >= 15 is 0 Å². The first-order valence-electron chi connectivity index (χ1n) is 10.5. The topological polar surface area (TPSA) is 32.8 Å². The minimum atomic E-state index is 0.305. The van der Waals surface area contributed by atoms with Gasteiger partial charge in [-0.05, 0) is 49.7 Å². The van der Waals surface area contributed by atoms with Gasteiger partial charge in [-0.15, -0.1) is 0 Å². The second-order valence-electron chi connectivity index (χ2n) is 8.15. The Labute approximate surface area is 157 Å². The van der Waals surface area contributed by atoms with Gasteiger partial charge in [0.1, 0.15) is 0 Å². The van der Waals surface area contributed by atoms with Crippen LogP contribution >= 0.6 is 0 Å². The molecule has 3 aliphatic rings. The van der Waals surface area contributed by atoms with Gasteiger partial charge >= 0.3 is 0 Å². The minimum Gasteiger partial charge on any atom is -0.381 e. The first kappa shape index (κ1) is 18.0. The summed E-state index contributed by atoms with van der Waals surface area (Å²) in [5.41, 5.74) is 2.98. The monoisotopic (exact) mass is 356 g/mol. The normalized spacial score (nSPS) is 21.8. The number of hydrogen-bond donors (Lipinski definition) is 0. The Morgan fingerprint density at radius 3 is 2.62 bits per heavy atom. The Morgan fingerprint density at radius 2 is 1.88 bits per heavy atom. The molecule has 1 saturated heterocycles. The summed E-state index contributed by atoms with van der Waals surface area (Å²) in [7, 11) is 0. The Bertz CT molecular complexity index is 608. The van der Waals surface area contributed by atoms with Crippen molar-refractivity contribution in [3.63, 3.8) is 0 Å². The molecular formula is C22H32N2O2. The van der Waals surface area contributed by atoms with Crippen LogP contribution in [0.1, 0.15) is 49.7 Å². The Hall–Kier alpha value is -1.39. The number of hydrogen-bond acceptors (Lipinski definition) is 3. The van der Waals surface area contributed by atoms with Gasteiger partial charge in [0.15, 0.2) is 0 Å². The predicted octanol–water partition coefficient (Wildman–Crippen LogP) is 3.24. The van der Waals surface area contributed by atoms with Crippen molar-refractivity contribution in [3.05, 3.63) is 35.4 Å². The molecule has 2 heterocycles. The fraction of sp³-hybridized carbons (Fsp3) is 0.682. The van der Waals surface area contributed by atoms with E-state index in [1.165, 1.54) is 17.5 Å². The van der Waals surface area contributed by atoms with Gasteiger partial charge in [-0.1, -0.05) is 30.7 Å². The maximum Gasteiger partial charge on any atom is 0.225 e. The van der Waals surface area contributed by atoms with E-state index in [1.807, 2.05) is 0 Å². The lowest BCUT2D eigenvalue weighted by Crippen LogP contribution is -2.48. The van der Waals surface area contributed by atoms with Crippen LogP contribution < -0.4 is 0 Å². The van der Waals surface area contributed by atoms with Gasteiger partial charge in [0.25, 0.3) is 0 Å². The summed E-state index contributed by atoms with van der Waals surface area (Å²) >= 11 is 0. The van der Waals surface area contributed by atoms with Crippen LogP contribution in [0.5, 0.6) is 0 Å². The molecule has 4 nitrogen and oxygen atoms in total. The van der Waals surface area contributed by atoms with Crippen molar-refractivity contribution in [3.8, 4) is 0 Å². The van der Waals surface area contributed by atoms with Gasteiger partial charge in [0.2, 0.25) is 5.91 Å². The van der Waals surface area contributed by atoms with Gasteiger partial charge in [-0.3, -0.25) is 9.69 Å². The molecule has 0 radical (unpaired) electrons. The van der Waals surface area contributed by atoms with Gasteiger partial charge in [0, 0.05) is 51.4 Å². The molecule has 0 bridgehead atoms. The van der Waals surface area contributed by atoms with Crippen LogP contribution in [-0.4, -0.2) is 54.6 Å². The molecule has 0 aromatic heterocycles. The molecule has 4 heteroatoms. The van der Waals surface area contributed by atoms with E-state index in [-0.39, 0.29) is 0 Å². The molecule has 2 aliphatic heterocycles. The summed E-state index contributed by atoms with van der Waals surface area (Å²) in [6.45, 7) is 5.82. The largest absolute Gasteiger partial charge is 0.381 e.